The van der Waals surface area contributed by atoms with Crippen molar-refractivity contribution in [3.8, 4) is 0 Å². The van der Waals surface area contributed by atoms with Crippen molar-refractivity contribution in [2.45, 2.75) is 26.8 Å². The van der Waals surface area contributed by atoms with Crippen molar-refractivity contribution in [2.75, 3.05) is 13.2 Å². The first-order valence-corrected chi connectivity index (χ1v) is 6.38. The quantitative estimate of drug-likeness (QED) is 0.597. The molecule has 0 aromatic heterocycles. The summed E-state index contributed by atoms with van der Waals surface area (Å²) in [7, 11) is -3.99. The maximum atomic E-state index is 11.4. The van der Waals surface area contributed by atoms with E-state index in [-0.39, 0.29) is 19.1 Å². The molecule has 7 nitrogen and oxygen atoms in total. The average molecular weight is 254 g/mol. The molecule has 0 aliphatic carbocycles. The summed E-state index contributed by atoms with van der Waals surface area (Å²) < 4.78 is 30.9. The van der Waals surface area contributed by atoms with Gasteiger partial charge >= 0.3 is 16.3 Å². The standard InChI is InChI=1S/C8H18N2O5S/c1-4-15-8(12)10-16(13,14)9-7(5-11)6(2)3/h6-7,9,11H,4-5H2,1-3H3,(H,10,12). The van der Waals surface area contributed by atoms with Gasteiger partial charge in [-0.2, -0.15) is 13.1 Å². The maximum absolute atomic E-state index is 11.4. The Morgan fingerprint density at radius 2 is 2.00 bits per heavy atom. The van der Waals surface area contributed by atoms with Crippen molar-refractivity contribution in [1.82, 2.24) is 9.44 Å². The van der Waals surface area contributed by atoms with E-state index >= 15 is 0 Å². The highest BCUT2D eigenvalue weighted by Crippen LogP contribution is 2.01. The Kier molecular flexibility index (Phi) is 6.31. The van der Waals surface area contributed by atoms with Crippen LogP contribution in [0.25, 0.3) is 0 Å². The second-order valence-corrected chi connectivity index (χ2v) is 4.92. The van der Waals surface area contributed by atoms with Crippen molar-refractivity contribution in [3.63, 3.8) is 0 Å². The fourth-order valence-electron chi connectivity index (χ4n) is 0.883. The molecule has 1 amide bonds. The van der Waals surface area contributed by atoms with Crippen LogP contribution in [-0.4, -0.2) is 38.9 Å². The van der Waals surface area contributed by atoms with Crippen LogP contribution in [0.5, 0.6) is 0 Å². The molecule has 96 valence electrons. The first kappa shape index (κ1) is 15.1. The number of ether oxygens (including phenoxy) is 1. The van der Waals surface area contributed by atoms with Gasteiger partial charge in [-0.15, -0.1) is 0 Å². The number of aliphatic hydroxyl groups is 1. The summed E-state index contributed by atoms with van der Waals surface area (Å²) in [5, 5.41) is 8.93. The number of nitrogens with one attached hydrogen (secondary N) is 2. The molecule has 0 bridgehead atoms. The van der Waals surface area contributed by atoms with E-state index in [9.17, 15) is 13.2 Å². The van der Waals surface area contributed by atoms with E-state index in [1.165, 1.54) is 0 Å². The summed E-state index contributed by atoms with van der Waals surface area (Å²) in [4.78, 5) is 10.9. The average Bonchev–Trinajstić information content (AvgIpc) is 2.13. The molecule has 0 aromatic rings. The number of hydrogen-bond acceptors (Lipinski definition) is 5. The summed E-state index contributed by atoms with van der Waals surface area (Å²) >= 11 is 0. The highest BCUT2D eigenvalue weighted by Gasteiger charge is 2.22. The van der Waals surface area contributed by atoms with Gasteiger partial charge in [0, 0.05) is 6.04 Å². The Morgan fingerprint density at radius 3 is 2.38 bits per heavy atom. The summed E-state index contributed by atoms with van der Waals surface area (Å²) in [5.74, 6) is -0.0937. The van der Waals surface area contributed by atoms with Gasteiger partial charge in [0.15, 0.2) is 0 Å². The van der Waals surface area contributed by atoms with Crippen LogP contribution in [0.15, 0.2) is 0 Å². The molecule has 0 radical (unpaired) electrons. The normalized spacial score (nSPS) is 13.6. The number of amides is 1. The number of hydrogen-bond donors (Lipinski definition) is 3. The Hall–Kier alpha value is -0.860. The van der Waals surface area contributed by atoms with Crippen LogP contribution < -0.4 is 9.44 Å². The minimum Gasteiger partial charge on any atom is -0.449 e. The molecular formula is C8H18N2O5S. The molecule has 0 aliphatic rings. The molecule has 1 unspecified atom stereocenters. The van der Waals surface area contributed by atoms with Gasteiger partial charge in [0.05, 0.1) is 13.2 Å². The lowest BCUT2D eigenvalue weighted by atomic mass is 10.1. The van der Waals surface area contributed by atoms with Gasteiger partial charge in [-0.3, -0.25) is 0 Å². The van der Waals surface area contributed by atoms with E-state index in [4.69, 9.17) is 5.11 Å². The third-order valence-corrected chi connectivity index (χ3v) is 2.85. The fraction of sp³-hybridized carbons (Fsp3) is 0.875. The Morgan fingerprint density at radius 1 is 1.44 bits per heavy atom. The molecule has 0 fully saturated rings. The predicted octanol–water partition coefficient (Wildman–Crippen LogP) is -0.416. The van der Waals surface area contributed by atoms with Gasteiger partial charge in [0.2, 0.25) is 0 Å². The molecule has 0 heterocycles. The van der Waals surface area contributed by atoms with Crippen molar-refractivity contribution >= 4 is 16.3 Å². The van der Waals surface area contributed by atoms with E-state index < -0.39 is 22.3 Å². The molecule has 0 saturated carbocycles. The molecular weight excluding hydrogens is 236 g/mol. The maximum Gasteiger partial charge on any atom is 0.421 e. The number of rotatable bonds is 6. The van der Waals surface area contributed by atoms with Crippen LogP contribution in [0.4, 0.5) is 4.79 Å². The number of aliphatic hydroxyl groups excluding tert-OH is 1. The number of carbonyl (C=O) groups is 1. The van der Waals surface area contributed by atoms with Gasteiger partial charge in [-0.25, -0.2) is 9.52 Å². The zero-order valence-corrected chi connectivity index (χ0v) is 10.4. The Labute approximate surface area is 95.4 Å². The van der Waals surface area contributed by atoms with Crippen LogP contribution in [0.2, 0.25) is 0 Å². The van der Waals surface area contributed by atoms with Crippen LogP contribution in [-0.2, 0) is 14.9 Å². The minimum atomic E-state index is -3.99. The number of carbonyl (C=O) groups excluding carboxylic acids is 1. The van der Waals surface area contributed by atoms with Crippen LogP contribution in [0.3, 0.4) is 0 Å². The van der Waals surface area contributed by atoms with Crippen molar-refractivity contribution in [3.05, 3.63) is 0 Å². The molecule has 0 rings (SSSR count). The summed E-state index contributed by atoms with van der Waals surface area (Å²) in [6.07, 6.45) is -1.05. The Balaban J connectivity index is 4.39. The van der Waals surface area contributed by atoms with Crippen molar-refractivity contribution < 1.29 is 23.1 Å². The summed E-state index contributed by atoms with van der Waals surface area (Å²) in [6, 6.07) is -0.646. The van der Waals surface area contributed by atoms with E-state index in [1.807, 2.05) is 0 Å². The zero-order chi connectivity index (χ0) is 12.8. The van der Waals surface area contributed by atoms with Crippen LogP contribution >= 0.6 is 0 Å². The lowest BCUT2D eigenvalue weighted by Gasteiger charge is -2.19. The highest BCUT2D eigenvalue weighted by atomic mass is 32.2. The minimum absolute atomic E-state index is 0.0783. The first-order chi connectivity index (χ1) is 7.32. The smallest absolute Gasteiger partial charge is 0.421 e. The molecule has 16 heavy (non-hydrogen) atoms. The molecule has 8 heteroatoms. The first-order valence-electron chi connectivity index (χ1n) is 4.90. The van der Waals surface area contributed by atoms with E-state index in [0.717, 1.165) is 0 Å². The van der Waals surface area contributed by atoms with E-state index in [0.29, 0.717) is 0 Å². The third-order valence-electron chi connectivity index (χ3n) is 1.80. The summed E-state index contributed by atoms with van der Waals surface area (Å²) in [5.41, 5.74) is 0. The largest absolute Gasteiger partial charge is 0.449 e. The molecule has 3 N–H and O–H groups in total. The van der Waals surface area contributed by atoms with Gasteiger partial charge in [0.1, 0.15) is 0 Å². The zero-order valence-electron chi connectivity index (χ0n) is 9.56. The third kappa shape index (κ3) is 5.89. The highest BCUT2D eigenvalue weighted by molar-refractivity contribution is 7.88. The van der Waals surface area contributed by atoms with Crippen molar-refractivity contribution in [2.24, 2.45) is 5.92 Å². The Bertz CT molecular complexity index is 314. The molecule has 0 saturated heterocycles. The van der Waals surface area contributed by atoms with Crippen molar-refractivity contribution in [1.29, 1.82) is 0 Å². The van der Waals surface area contributed by atoms with Crippen LogP contribution in [0, 0.1) is 5.92 Å². The van der Waals surface area contributed by atoms with Crippen LogP contribution in [0.1, 0.15) is 20.8 Å². The summed E-state index contributed by atoms with van der Waals surface area (Å²) in [6.45, 7) is 4.78. The van der Waals surface area contributed by atoms with E-state index in [2.05, 4.69) is 9.46 Å². The topological polar surface area (TPSA) is 105 Å². The second kappa shape index (κ2) is 6.66. The van der Waals surface area contributed by atoms with Gasteiger partial charge < -0.3 is 9.84 Å². The lowest BCUT2D eigenvalue weighted by Crippen LogP contribution is -2.48. The molecule has 0 aromatic carbocycles. The second-order valence-electron chi connectivity index (χ2n) is 3.48. The predicted molar refractivity (Wildman–Crippen MR) is 57.9 cm³/mol. The van der Waals surface area contributed by atoms with Gasteiger partial charge in [-0.1, -0.05) is 13.8 Å². The SMILES string of the molecule is CCOC(=O)NS(=O)(=O)NC(CO)C(C)C. The van der Waals surface area contributed by atoms with Gasteiger partial charge in [0.25, 0.3) is 0 Å². The monoisotopic (exact) mass is 254 g/mol. The van der Waals surface area contributed by atoms with Gasteiger partial charge in [-0.05, 0) is 12.8 Å². The lowest BCUT2D eigenvalue weighted by molar-refractivity contribution is 0.158. The molecule has 0 aliphatic heterocycles. The fourth-order valence-corrected chi connectivity index (χ4v) is 1.97. The molecule has 0 spiro atoms. The molecule has 1 atom stereocenters. The van der Waals surface area contributed by atoms with E-state index in [1.54, 1.807) is 25.5 Å².